The zero-order valence-corrected chi connectivity index (χ0v) is 11.4. The number of rotatable bonds is 2. The normalized spacial score (nSPS) is 11.8. The maximum atomic E-state index is 12.7. The fourth-order valence-electron chi connectivity index (χ4n) is 1.91. The minimum Gasteiger partial charge on any atom is -0.349 e. The number of carbonyl (C=O) groups excluding carboxylic acids is 1. The van der Waals surface area contributed by atoms with Crippen LogP contribution in [-0.4, -0.2) is 17.0 Å². The standard InChI is InChI=1S/C13H10F3NO2S/c1-6(18)10-11(19)8-5-7(13(14,15)16)3-4-9(8)17-12(10)20-2/h3-5H,1-2H3,(H,17,19). The van der Waals surface area contributed by atoms with Crippen molar-refractivity contribution in [2.45, 2.75) is 18.1 Å². The van der Waals surface area contributed by atoms with Crippen LogP contribution in [0.25, 0.3) is 10.9 Å². The van der Waals surface area contributed by atoms with E-state index in [1.807, 2.05) is 0 Å². The third kappa shape index (κ3) is 2.45. The van der Waals surface area contributed by atoms with E-state index < -0.39 is 23.0 Å². The molecule has 0 spiro atoms. The Morgan fingerprint density at radius 2 is 1.95 bits per heavy atom. The number of hydrogen-bond acceptors (Lipinski definition) is 3. The van der Waals surface area contributed by atoms with Gasteiger partial charge in [0.05, 0.1) is 21.7 Å². The lowest BCUT2D eigenvalue weighted by Gasteiger charge is -2.10. The van der Waals surface area contributed by atoms with E-state index >= 15 is 0 Å². The molecule has 1 N–H and O–H groups in total. The lowest BCUT2D eigenvalue weighted by atomic mass is 10.1. The average Bonchev–Trinajstić information content (AvgIpc) is 2.36. The van der Waals surface area contributed by atoms with Gasteiger partial charge in [-0.05, 0) is 31.4 Å². The summed E-state index contributed by atoms with van der Waals surface area (Å²) in [6.45, 7) is 1.21. The second kappa shape index (κ2) is 4.97. The predicted molar refractivity (Wildman–Crippen MR) is 71.4 cm³/mol. The van der Waals surface area contributed by atoms with Gasteiger partial charge in [0.25, 0.3) is 0 Å². The van der Waals surface area contributed by atoms with Crippen molar-refractivity contribution in [3.8, 4) is 0 Å². The number of carbonyl (C=O) groups is 1. The van der Waals surface area contributed by atoms with Crippen LogP contribution < -0.4 is 5.43 Å². The number of aromatic amines is 1. The summed E-state index contributed by atoms with van der Waals surface area (Å²) in [7, 11) is 0. The molecular formula is C13H10F3NO2S. The lowest BCUT2D eigenvalue weighted by Crippen LogP contribution is -2.17. The Morgan fingerprint density at radius 3 is 2.45 bits per heavy atom. The number of hydrogen-bond donors (Lipinski definition) is 1. The number of pyridine rings is 1. The molecule has 0 radical (unpaired) electrons. The third-order valence-electron chi connectivity index (χ3n) is 2.85. The average molecular weight is 301 g/mol. The number of benzene rings is 1. The van der Waals surface area contributed by atoms with Crippen LogP contribution in [-0.2, 0) is 6.18 Å². The van der Waals surface area contributed by atoms with Gasteiger partial charge in [0.15, 0.2) is 5.78 Å². The molecule has 2 aromatic rings. The maximum absolute atomic E-state index is 12.7. The minimum absolute atomic E-state index is 0.107. The third-order valence-corrected chi connectivity index (χ3v) is 3.56. The fraction of sp³-hybridized carbons (Fsp3) is 0.231. The summed E-state index contributed by atoms with van der Waals surface area (Å²) >= 11 is 1.16. The molecule has 0 aliphatic carbocycles. The van der Waals surface area contributed by atoms with Crippen LogP contribution in [0.1, 0.15) is 22.8 Å². The van der Waals surface area contributed by atoms with Gasteiger partial charge in [0.2, 0.25) is 5.43 Å². The number of H-pyrrole nitrogens is 1. The second-order valence-corrected chi connectivity index (χ2v) is 4.99. The molecule has 0 aliphatic heterocycles. The van der Waals surface area contributed by atoms with Gasteiger partial charge >= 0.3 is 6.18 Å². The van der Waals surface area contributed by atoms with Crippen LogP contribution >= 0.6 is 11.8 Å². The number of aromatic nitrogens is 1. The Balaban J connectivity index is 2.86. The van der Waals surface area contributed by atoms with E-state index in [1.165, 1.54) is 13.0 Å². The first-order chi connectivity index (χ1) is 9.25. The number of thioether (sulfide) groups is 1. The minimum atomic E-state index is -4.53. The Labute approximate surface area is 116 Å². The number of nitrogens with one attached hydrogen (secondary N) is 1. The topological polar surface area (TPSA) is 49.9 Å². The first-order valence-electron chi connectivity index (χ1n) is 5.58. The zero-order valence-electron chi connectivity index (χ0n) is 10.6. The lowest BCUT2D eigenvalue weighted by molar-refractivity contribution is -0.137. The summed E-state index contributed by atoms with van der Waals surface area (Å²) in [4.78, 5) is 26.5. The van der Waals surface area contributed by atoms with Crippen LogP contribution in [0.15, 0.2) is 28.0 Å². The summed E-state index contributed by atoms with van der Waals surface area (Å²) in [5, 5.41) is 0.220. The zero-order chi connectivity index (χ0) is 15.1. The van der Waals surface area contributed by atoms with Crippen LogP contribution in [0.4, 0.5) is 13.2 Å². The van der Waals surface area contributed by atoms with Crippen LogP contribution in [0.2, 0.25) is 0 Å². The van der Waals surface area contributed by atoms with E-state index in [4.69, 9.17) is 0 Å². The highest BCUT2D eigenvalue weighted by atomic mass is 32.2. The predicted octanol–water partition coefficient (Wildman–Crippen LogP) is 3.47. The van der Waals surface area contributed by atoms with Crippen molar-refractivity contribution in [1.82, 2.24) is 4.98 Å². The Morgan fingerprint density at radius 1 is 1.30 bits per heavy atom. The highest BCUT2D eigenvalue weighted by molar-refractivity contribution is 7.98. The van der Waals surface area contributed by atoms with Crippen LogP contribution in [0.5, 0.6) is 0 Å². The van der Waals surface area contributed by atoms with Gasteiger partial charge in [-0.2, -0.15) is 13.2 Å². The first kappa shape index (κ1) is 14.6. The maximum Gasteiger partial charge on any atom is 0.416 e. The molecule has 0 saturated heterocycles. The van der Waals surface area contributed by atoms with Crippen molar-refractivity contribution in [2.24, 2.45) is 0 Å². The van der Waals surface area contributed by atoms with Crippen molar-refractivity contribution >= 4 is 28.4 Å². The molecule has 0 bridgehead atoms. The fourth-order valence-corrected chi connectivity index (χ4v) is 2.57. The van der Waals surface area contributed by atoms with Crippen molar-refractivity contribution in [1.29, 1.82) is 0 Å². The molecule has 0 aliphatic rings. The van der Waals surface area contributed by atoms with E-state index in [9.17, 15) is 22.8 Å². The van der Waals surface area contributed by atoms with Crippen molar-refractivity contribution in [3.05, 3.63) is 39.5 Å². The Kier molecular flexibility index (Phi) is 3.64. The second-order valence-electron chi connectivity index (χ2n) is 4.18. The van der Waals surface area contributed by atoms with Gasteiger partial charge in [-0.1, -0.05) is 0 Å². The molecule has 0 atom stereocenters. The first-order valence-corrected chi connectivity index (χ1v) is 6.80. The number of ketones is 1. The molecule has 20 heavy (non-hydrogen) atoms. The molecule has 1 heterocycles. The summed E-state index contributed by atoms with van der Waals surface area (Å²) < 4.78 is 38.0. The number of Topliss-reactive ketones (excluding diaryl/α,β-unsaturated/α-hetero) is 1. The number of halogens is 3. The molecule has 1 aromatic heterocycles. The van der Waals surface area contributed by atoms with E-state index in [2.05, 4.69) is 4.98 Å². The molecule has 7 heteroatoms. The van der Waals surface area contributed by atoms with Crippen LogP contribution in [0, 0.1) is 0 Å². The molecule has 106 valence electrons. The highest BCUT2D eigenvalue weighted by Gasteiger charge is 2.31. The van der Waals surface area contributed by atoms with Gasteiger partial charge in [0.1, 0.15) is 0 Å². The monoisotopic (exact) mass is 301 g/mol. The molecule has 2 rings (SSSR count). The molecule has 0 saturated carbocycles. The quantitative estimate of drug-likeness (QED) is 0.682. The molecule has 3 nitrogen and oxygen atoms in total. The highest BCUT2D eigenvalue weighted by Crippen LogP contribution is 2.31. The van der Waals surface area contributed by atoms with E-state index in [0.29, 0.717) is 5.03 Å². The number of alkyl halides is 3. The van der Waals surface area contributed by atoms with E-state index in [1.54, 1.807) is 6.26 Å². The van der Waals surface area contributed by atoms with Gasteiger partial charge in [-0.3, -0.25) is 9.59 Å². The molecular weight excluding hydrogens is 291 g/mol. The van der Waals surface area contributed by atoms with Crippen LogP contribution in [0.3, 0.4) is 0 Å². The van der Waals surface area contributed by atoms with E-state index in [0.717, 1.165) is 23.9 Å². The smallest absolute Gasteiger partial charge is 0.349 e. The number of fused-ring (bicyclic) bond motifs is 1. The summed E-state index contributed by atoms with van der Waals surface area (Å²) in [5.74, 6) is -0.477. The van der Waals surface area contributed by atoms with Gasteiger partial charge < -0.3 is 4.98 Å². The SMILES string of the molecule is CSc1[nH]c2ccc(C(F)(F)F)cc2c(=O)c1C(C)=O. The van der Waals surface area contributed by atoms with E-state index in [-0.39, 0.29) is 16.5 Å². The molecule has 0 unspecified atom stereocenters. The molecule has 0 fully saturated rings. The van der Waals surface area contributed by atoms with Gasteiger partial charge in [0, 0.05) is 5.39 Å². The summed E-state index contributed by atoms with van der Waals surface area (Å²) in [6, 6.07) is 2.86. The van der Waals surface area contributed by atoms with Gasteiger partial charge in [-0.25, -0.2) is 0 Å². The summed E-state index contributed by atoms with van der Waals surface area (Å²) in [5.41, 5.74) is -1.43. The Hall–Kier alpha value is -1.76. The van der Waals surface area contributed by atoms with Crippen molar-refractivity contribution < 1.29 is 18.0 Å². The Bertz CT molecular complexity index is 750. The molecule has 0 amide bonds. The summed E-state index contributed by atoms with van der Waals surface area (Å²) in [6.07, 6.45) is -2.86. The largest absolute Gasteiger partial charge is 0.416 e. The van der Waals surface area contributed by atoms with Crippen molar-refractivity contribution in [3.63, 3.8) is 0 Å². The molecule has 1 aromatic carbocycles. The van der Waals surface area contributed by atoms with Crippen molar-refractivity contribution in [2.75, 3.05) is 6.26 Å². The van der Waals surface area contributed by atoms with Gasteiger partial charge in [-0.15, -0.1) is 11.8 Å².